The van der Waals surface area contributed by atoms with E-state index in [4.69, 9.17) is 4.74 Å². The number of nitrogens with one attached hydrogen (secondary N) is 1. The lowest BCUT2D eigenvalue weighted by atomic mass is 10.1. The van der Waals surface area contributed by atoms with Crippen molar-refractivity contribution in [3.05, 3.63) is 53.1 Å². The lowest BCUT2D eigenvalue weighted by Gasteiger charge is -2.19. The van der Waals surface area contributed by atoms with E-state index >= 15 is 0 Å². The molecule has 1 amide bonds. The van der Waals surface area contributed by atoms with Gasteiger partial charge in [0.25, 0.3) is 5.91 Å². The summed E-state index contributed by atoms with van der Waals surface area (Å²) >= 11 is 0. The second-order valence-corrected chi connectivity index (χ2v) is 8.67. The molecule has 0 radical (unpaired) electrons. The highest BCUT2D eigenvalue weighted by Gasteiger charge is 2.22. The number of aryl methyl sites for hydroxylation is 3. The first-order valence-corrected chi connectivity index (χ1v) is 10.7. The standard InChI is InChI=1S/C21H28N2O4S/c1-6-23(7-2)28(25,26)19-8-9-20(17(5)13-19)27-14-21(24)22-18-11-15(3)10-16(4)12-18/h8-13H,6-7,14H2,1-5H3,(H,22,24). The van der Waals surface area contributed by atoms with E-state index in [9.17, 15) is 13.2 Å². The fourth-order valence-corrected chi connectivity index (χ4v) is 4.59. The highest BCUT2D eigenvalue weighted by molar-refractivity contribution is 7.89. The Labute approximate surface area is 167 Å². The number of nitrogens with zero attached hydrogens (tertiary/aromatic N) is 1. The number of benzene rings is 2. The predicted octanol–water partition coefficient (Wildman–Crippen LogP) is 3.66. The van der Waals surface area contributed by atoms with Crippen LogP contribution in [0.4, 0.5) is 5.69 Å². The van der Waals surface area contributed by atoms with Gasteiger partial charge in [0.1, 0.15) is 5.75 Å². The Bertz CT molecular complexity index is 931. The lowest BCUT2D eigenvalue weighted by molar-refractivity contribution is -0.118. The van der Waals surface area contributed by atoms with Crippen LogP contribution in [-0.4, -0.2) is 38.3 Å². The molecular formula is C21H28N2O4S. The fourth-order valence-electron chi connectivity index (χ4n) is 3.04. The van der Waals surface area contributed by atoms with Gasteiger partial charge >= 0.3 is 0 Å². The van der Waals surface area contributed by atoms with Crippen molar-refractivity contribution in [2.45, 2.75) is 39.5 Å². The summed E-state index contributed by atoms with van der Waals surface area (Å²) in [5.74, 6) is 0.207. The van der Waals surface area contributed by atoms with E-state index in [2.05, 4.69) is 5.32 Å². The lowest BCUT2D eigenvalue weighted by Crippen LogP contribution is -2.30. The summed E-state index contributed by atoms with van der Waals surface area (Å²) < 4.78 is 32.2. The number of hydrogen-bond acceptors (Lipinski definition) is 4. The van der Waals surface area contributed by atoms with Gasteiger partial charge in [-0.1, -0.05) is 19.9 Å². The van der Waals surface area contributed by atoms with Crippen LogP contribution < -0.4 is 10.1 Å². The fraction of sp³-hybridized carbons (Fsp3) is 0.381. The van der Waals surface area contributed by atoms with E-state index in [1.807, 2.05) is 32.0 Å². The SMILES string of the molecule is CCN(CC)S(=O)(=O)c1ccc(OCC(=O)Nc2cc(C)cc(C)c2)c(C)c1. The Hall–Kier alpha value is -2.38. The summed E-state index contributed by atoms with van der Waals surface area (Å²) in [4.78, 5) is 12.4. The molecule has 0 atom stereocenters. The van der Waals surface area contributed by atoms with Gasteiger partial charge < -0.3 is 10.1 Å². The molecule has 0 saturated heterocycles. The van der Waals surface area contributed by atoms with Crippen LogP contribution in [0.15, 0.2) is 41.3 Å². The maximum Gasteiger partial charge on any atom is 0.262 e. The zero-order valence-corrected chi connectivity index (χ0v) is 17.9. The minimum atomic E-state index is -3.52. The summed E-state index contributed by atoms with van der Waals surface area (Å²) in [5, 5.41) is 2.81. The first kappa shape index (κ1) is 21.9. The summed E-state index contributed by atoms with van der Waals surface area (Å²) in [6.07, 6.45) is 0. The van der Waals surface area contributed by atoms with Crippen LogP contribution in [0.1, 0.15) is 30.5 Å². The Morgan fingerprint density at radius 2 is 1.61 bits per heavy atom. The molecule has 0 spiro atoms. The summed E-state index contributed by atoms with van der Waals surface area (Å²) in [6.45, 7) is 9.98. The van der Waals surface area contributed by atoms with Gasteiger partial charge in [0, 0.05) is 18.8 Å². The Morgan fingerprint density at radius 1 is 1.00 bits per heavy atom. The number of sulfonamides is 1. The van der Waals surface area contributed by atoms with Crippen molar-refractivity contribution in [1.82, 2.24) is 4.31 Å². The topological polar surface area (TPSA) is 75.7 Å². The van der Waals surface area contributed by atoms with Crippen molar-refractivity contribution in [3.8, 4) is 5.75 Å². The van der Waals surface area contributed by atoms with Gasteiger partial charge in [-0.25, -0.2) is 8.42 Å². The third-order valence-electron chi connectivity index (χ3n) is 4.35. The van der Waals surface area contributed by atoms with Gasteiger partial charge in [-0.15, -0.1) is 0 Å². The van der Waals surface area contributed by atoms with Crippen LogP contribution in [0.25, 0.3) is 0 Å². The smallest absolute Gasteiger partial charge is 0.262 e. The highest BCUT2D eigenvalue weighted by atomic mass is 32.2. The van der Waals surface area contributed by atoms with E-state index < -0.39 is 10.0 Å². The number of carbonyl (C=O) groups is 1. The number of anilines is 1. The van der Waals surface area contributed by atoms with Crippen LogP contribution in [0.3, 0.4) is 0 Å². The number of ether oxygens (including phenoxy) is 1. The molecular weight excluding hydrogens is 376 g/mol. The molecule has 0 aliphatic rings. The maximum atomic E-state index is 12.6. The third-order valence-corrected chi connectivity index (χ3v) is 6.40. The Kier molecular flexibility index (Phi) is 7.21. The molecule has 0 bridgehead atoms. The van der Waals surface area contributed by atoms with Crippen LogP contribution in [0.5, 0.6) is 5.75 Å². The highest BCUT2D eigenvalue weighted by Crippen LogP contribution is 2.24. The van der Waals surface area contributed by atoms with Crippen molar-refractivity contribution in [2.75, 3.05) is 25.0 Å². The van der Waals surface area contributed by atoms with Crippen molar-refractivity contribution < 1.29 is 17.9 Å². The molecule has 28 heavy (non-hydrogen) atoms. The first-order chi connectivity index (χ1) is 13.2. The minimum absolute atomic E-state index is 0.157. The van der Waals surface area contributed by atoms with Gasteiger partial charge in [-0.05, 0) is 67.8 Å². The van der Waals surface area contributed by atoms with Crippen molar-refractivity contribution >= 4 is 21.6 Å². The average molecular weight is 405 g/mol. The number of amides is 1. The molecule has 152 valence electrons. The van der Waals surface area contributed by atoms with Gasteiger partial charge in [0.15, 0.2) is 6.61 Å². The quantitative estimate of drug-likeness (QED) is 0.728. The minimum Gasteiger partial charge on any atom is -0.483 e. The molecule has 0 unspecified atom stereocenters. The zero-order chi connectivity index (χ0) is 20.9. The van der Waals surface area contributed by atoms with E-state index in [-0.39, 0.29) is 17.4 Å². The average Bonchev–Trinajstić information content (AvgIpc) is 2.60. The zero-order valence-electron chi connectivity index (χ0n) is 17.1. The van der Waals surface area contributed by atoms with Crippen molar-refractivity contribution in [3.63, 3.8) is 0 Å². The normalized spacial score (nSPS) is 11.5. The molecule has 7 heteroatoms. The van der Waals surface area contributed by atoms with Gasteiger partial charge in [0.05, 0.1) is 4.90 Å². The first-order valence-electron chi connectivity index (χ1n) is 9.29. The number of rotatable bonds is 8. The van der Waals surface area contributed by atoms with Crippen LogP contribution in [0, 0.1) is 20.8 Å². The van der Waals surface area contributed by atoms with Gasteiger partial charge in [0.2, 0.25) is 10.0 Å². The van der Waals surface area contributed by atoms with Crippen molar-refractivity contribution in [2.24, 2.45) is 0 Å². The second kappa shape index (κ2) is 9.21. The molecule has 0 aromatic heterocycles. The van der Waals surface area contributed by atoms with Crippen LogP contribution in [-0.2, 0) is 14.8 Å². The monoisotopic (exact) mass is 404 g/mol. The van der Waals surface area contributed by atoms with E-state index in [0.29, 0.717) is 24.4 Å². The molecule has 0 heterocycles. The molecule has 2 aromatic rings. The Morgan fingerprint density at radius 3 is 2.14 bits per heavy atom. The predicted molar refractivity (Wildman–Crippen MR) is 111 cm³/mol. The van der Waals surface area contributed by atoms with E-state index in [1.165, 1.54) is 10.4 Å². The molecule has 0 aliphatic heterocycles. The molecule has 0 saturated carbocycles. The molecule has 1 N–H and O–H groups in total. The Balaban J connectivity index is 2.06. The van der Waals surface area contributed by atoms with Crippen LogP contribution >= 0.6 is 0 Å². The third kappa shape index (κ3) is 5.33. The van der Waals surface area contributed by atoms with E-state index in [1.54, 1.807) is 32.9 Å². The van der Waals surface area contributed by atoms with E-state index in [0.717, 1.165) is 16.8 Å². The molecule has 0 fully saturated rings. The number of hydrogen-bond donors (Lipinski definition) is 1. The van der Waals surface area contributed by atoms with Crippen molar-refractivity contribution in [1.29, 1.82) is 0 Å². The van der Waals surface area contributed by atoms with Gasteiger partial charge in [-0.2, -0.15) is 4.31 Å². The molecule has 6 nitrogen and oxygen atoms in total. The molecule has 0 aliphatic carbocycles. The van der Waals surface area contributed by atoms with Gasteiger partial charge in [-0.3, -0.25) is 4.79 Å². The second-order valence-electron chi connectivity index (χ2n) is 6.73. The number of carbonyl (C=O) groups excluding carboxylic acids is 1. The van der Waals surface area contributed by atoms with Crippen LogP contribution in [0.2, 0.25) is 0 Å². The summed E-state index contributed by atoms with van der Waals surface area (Å²) in [7, 11) is -3.52. The maximum absolute atomic E-state index is 12.6. The summed E-state index contributed by atoms with van der Waals surface area (Å²) in [6, 6.07) is 10.5. The summed E-state index contributed by atoms with van der Waals surface area (Å²) in [5.41, 5.74) is 3.52. The molecule has 2 aromatic carbocycles. The molecule has 2 rings (SSSR count). The largest absolute Gasteiger partial charge is 0.483 e.